The van der Waals surface area contributed by atoms with E-state index in [1.807, 2.05) is 0 Å². The maximum atomic E-state index is 13.0. The number of alkyl halides is 3. The SMILES string of the molecule is CCc1cc(NC(=O)c2ccc(NS(=O)(=O)C(C)C)cc2)ccc1C(F)(F)F. The molecule has 0 heterocycles. The highest BCUT2D eigenvalue weighted by Gasteiger charge is 2.32. The summed E-state index contributed by atoms with van der Waals surface area (Å²) in [6.07, 6.45) is -4.28. The van der Waals surface area contributed by atoms with Crippen molar-refractivity contribution in [2.45, 2.75) is 38.6 Å². The molecule has 2 N–H and O–H groups in total. The van der Waals surface area contributed by atoms with Crippen LogP contribution in [-0.2, 0) is 22.6 Å². The summed E-state index contributed by atoms with van der Waals surface area (Å²) >= 11 is 0. The van der Waals surface area contributed by atoms with Crippen LogP contribution < -0.4 is 10.0 Å². The number of rotatable bonds is 6. The lowest BCUT2D eigenvalue weighted by Gasteiger charge is -2.14. The van der Waals surface area contributed by atoms with Crippen molar-refractivity contribution in [3.05, 3.63) is 59.2 Å². The van der Waals surface area contributed by atoms with Gasteiger partial charge in [-0.3, -0.25) is 9.52 Å². The Hall–Kier alpha value is -2.55. The van der Waals surface area contributed by atoms with Gasteiger partial charge in [0.1, 0.15) is 0 Å². The maximum Gasteiger partial charge on any atom is 0.416 e. The Morgan fingerprint density at radius 3 is 2.11 bits per heavy atom. The molecule has 0 unspecified atom stereocenters. The molecular formula is C19H21F3N2O3S. The van der Waals surface area contributed by atoms with Crippen molar-refractivity contribution in [3.63, 3.8) is 0 Å². The molecule has 0 saturated heterocycles. The second kappa shape index (κ2) is 8.22. The molecule has 0 bridgehead atoms. The topological polar surface area (TPSA) is 75.3 Å². The van der Waals surface area contributed by atoms with Gasteiger partial charge in [-0.2, -0.15) is 13.2 Å². The molecule has 0 radical (unpaired) electrons. The van der Waals surface area contributed by atoms with Gasteiger partial charge in [-0.25, -0.2) is 8.42 Å². The summed E-state index contributed by atoms with van der Waals surface area (Å²) in [7, 11) is -3.50. The third-order valence-corrected chi connectivity index (χ3v) is 5.84. The van der Waals surface area contributed by atoms with Gasteiger partial charge in [0, 0.05) is 16.9 Å². The highest BCUT2D eigenvalue weighted by molar-refractivity contribution is 7.93. The van der Waals surface area contributed by atoms with Crippen molar-refractivity contribution in [2.75, 3.05) is 10.0 Å². The van der Waals surface area contributed by atoms with E-state index in [4.69, 9.17) is 0 Å². The zero-order valence-electron chi connectivity index (χ0n) is 15.6. The summed E-state index contributed by atoms with van der Waals surface area (Å²) in [5, 5.41) is 1.94. The van der Waals surface area contributed by atoms with Gasteiger partial charge >= 0.3 is 6.18 Å². The largest absolute Gasteiger partial charge is 0.416 e. The molecule has 0 atom stereocenters. The smallest absolute Gasteiger partial charge is 0.322 e. The van der Waals surface area contributed by atoms with E-state index in [-0.39, 0.29) is 23.2 Å². The fourth-order valence-corrected chi connectivity index (χ4v) is 3.12. The number of nitrogens with one attached hydrogen (secondary N) is 2. The second-order valence-corrected chi connectivity index (χ2v) is 8.69. The number of carbonyl (C=O) groups excluding carboxylic acids is 1. The van der Waals surface area contributed by atoms with Gasteiger partial charge in [0.25, 0.3) is 5.91 Å². The zero-order valence-corrected chi connectivity index (χ0v) is 16.4. The first-order valence-corrected chi connectivity index (χ1v) is 10.1. The first kappa shape index (κ1) is 21.7. The summed E-state index contributed by atoms with van der Waals surface area (Å²) in [4.78, 5) is 12.3. The Morgan fingerprint density at radius 1 is 1.04 bits per heavy atom. The van der Waals surface area contributed by atoms with E-state index in [1.54, 1.807) is 20.8 Å². The molecule has 0 spiro atoms. The minimum atomic E-state index is -4.45. The van der Waals surface area contributed by atoms with Crippen molar-refractivity contribution in [1.29, 1.82) is 0 Å². The molecule has 152 valence electrons. The van der Waals surface area contributed by atoms with E-state index in [9.17, 15) is 26.4 Å². The summed E-state index contributed by atoms with van der Waals surface area (Å²) in [6.45, 7) is 4.69. The van der Waals surface area contributed by atoms with Gasteiger partial charge in [0.2, 0.25) is 10.0 Å². The number of carbonyl (C=O) groups is 1. The molecule has 0 aliphatic heterocycles. The Bertz CT molecular complexity index is 953. The van der Waals surface area contributed by atoms with Crippen LogP contribution in [0.3, 0.4) is 0 Å². The molecule has 2 aromatic rings. The highest BCUT2D eigenvalue weighted by Crippen LogP contribution is 2.33. The lowest BCUT2D eigenvalue weighted by Crippen LogP contribution is -2.22. The second-order valence-electron chi connectivity index (χ2n) is 6.45. The molecule has 2 rings (SSSR count). The van der Waals surface area contributed by atoms with Crippen LogP contribution in [0.25, 0.3) is 0 Å². The monoisotopic (exact) mass is 414 g/mol. The number of halogens is 3. The predicted molar refractivity (Wildman–Crippen MR) is 103 cm³/mol. The van der Waals surface area contributed by atoms with Crippen LogP contribution in [0.2, 0.25) is 0 Å². The fraction of sp³-hybridized carbons (Fsp3) is 0.316. The highest BCUT2D eigenvalue weighted by atomic mass is 32.2. The Morgan fingerprint density at radius 2 is 1.61 bits per heavy atom. The first-order valence-electron chi connectivity index (χ1n) is 8.57. The van der Waals surface area contributed by atoms with Crippen LogP contribution in [0.15, 0.2) is 42.5 Å². The van der Waals surface area contributed by atoms with Crippen molar-refractivity contribution in [2.24, 2.45) is 0 Å². The first-order chi connectivity index (χ1) is 12.9. The Labute approximate surface area is 162 Å². The van der Waals surface area contributed by atoms with Gasteiger partial charge in [-0.15, -0.1) is 0 Å². The molecule has 0 fully saturated rings. The van der Waals surface area contributed by atoms with Crippen molar-refractivity contribution >= 4 is 27.3 Å². The van der Waals surface area contributed by atoms with Crippen LogP contribution in [0.1, 0.15) is 42.3 Å². The van der Waals surface area contributed by atoms with Crippen molar-refractivity contribution < 1.29 is 26.4 Å². The third-order valence-electron chi connectivity index (χ3n) is 4.08. The summed E-state index contributed by atoms with van der Waals surface area (Å²) < 4.78 is 65.0. The van der Waals surface area contributed by atoms with Gasteiger partial charge in [0.05, 0.1) is 10.8 Å². The standard InChI is InChI=1S/C19H21F3N2O3S/c1-4-13-11-16(9-10-17(13)19(20,21)22)23-18(25)14-5-7-15(8-6-14)24-28(26,27)12(2)3/h5-12,24H,4H2,1-3H3,(H,23,25). The van der Waals surface area contributed by atoms with Crippen molar-refractivity contribution in [1.82, 2.24) is 0 Å². The number of hydrogen-bond donors (Lipinski definition) is 2. The van der Waals surface area contributed by atoms with E-state index < -0.39 is 32.9 Å². The fourth-order valence-electron chi connectivity index (χ4n) is 2.42. The minimum Gasteiger partial charge on any atom is -0.322 e. The summed E-state index contributed by atoms with van der Waals surface area (Å²) in [5.41, 5.74) is 0.163. The molecule has 1 amide bonds. The lowest BCUT2D eigenvalue weighted by atomic mass is 10.0. The number of hydrogen-bond acceptors (Lipinski definition) is 3. The number of anilines is 2. The lowest BCUT2D eigenvalue weighted by molar-refractivity contribution is -0.138. The van der Waals surface area contributed by atoms with E-state index in [2.05, 4.69) is 10.0 Å². The van der Waals surface area contributed by atoms with Crippen LogP contribution in [0.5, 0.6) is 0 Å². The van der Waals surface area contributed by atoms with E-state index in [0.717, 1.165) is 6.07 Å². The van der Waals surface area contributed by atoms with Crippen LogP contribution in [0, 0.1) is 0 Å². The van der Waals surface area contributed by atoms with E-state index in [0.29, 0.717) is 5.69 Å². The molecule has 2 aromatic carbocycles. The molecule has 9 heteroatoms. The van der Waals surface area contributed by atoms with Crippen molar-refractivity contribution in [3.8, 4) is 0 Å². The van der Waals surface area contributed by atoms with Gasteiger partial charge in [-0.05, 0) is 68.3 Å². The van der Waals surface area contributed by atoms with Crippen LogP contribution in [0.4, 0.5) is 24.5 Å². The molecule has 0 aliphatic rings. The number of aryl methyl sites for hydroxylation is 1. The molecule has 0 aromatic heterocycles. The Kier molecular flexibility index (Phi) is 6.38. The minimum absolute atomic E-state index is 0.0868. The third kappa shape index (κ3) is 5.25. The molecule has 28 heavy (non-hydrogen) atoms. The predicted octanol–water partition coefficient (Wildman–Crippen LogP) is 4.67. The number of amides is 1. The van der Waals surface area contributed by atoms with Gasteiger partial charge in [-0.1, -0.05) is 6.92 Å². The maximum absolute atomic E-state index is 13.0. The Balaban J connectivity index is 2.15. The molecule has 0 saturated carbocycles. The molecule has 0 aliphatic carbocycles. The normalized spacial score (nSPS) is 12.1. The number of sulfonamides is 1. The van der Waals surface area contributed by atoms with E-state index in [1.165, 1.54) is 36.4 Å². The molecule has 5 nitrogen and oxygen atoms in total. The quantitative estimate of drug-likeness (QED) is 0.721. The molecular weight excluding hydrogens is 393 g/mol. The summed E-state index contributed by atoms with van der Waals surface area (Å²) in [6, 6.07) is 9.18. The van der Waals surface area contributed by atoms with Crippen LogP contribution in [-0.4, -0.2) is 19.6 Å². The number of benzene rings is 2. The van der Waals surface area contributed by atoms with E-state index >= 15 is 0 Å². The average molecular weight is 414 g/mol. The summed E-state index contributed by atoms with van der Waals surface area (Å²) in [5.74, 6) is -0.514. The van der Waals surface area contributed by atoms with Crippen LogP contribution >= 0.6 is 0 Å². The van der Waals surface area contributed by atoms with Gasteiger partial charge < -0.3 is 5.32 Å². The average Bonchev–Trinajstić information content (AvgIpc) is 2.60. The van der Waals surface area contributed by atoms with Gasteiger partial charge in [0.15, 0.2) is 0 Å². The zero-order chi connectivity index (χ0) is 21.1.